The summed E-state index contributed by atoms with van der Waals surface area (Å²) in [6, 6.07) is 17.9. The quantitative estimate of drug-likeness (QED) is 0.458. The highest BCUT2D eigenvalue weighted by Crippen LogP contribution is 2.12. The molecule has 0 bridgehead atoms. The number of hydroxylamine groups is 1. The van der Waals surface area contributed by atoms with Gasteiger partial charge in [-0.1, -0.05) is 54.6 Å². The summed E-state index contributed by atoms with van der Waals surface area (Å²) < 4.78 is 0. The van der Waals surface area contributed by atoms with Gasteiger partial charge < -0.3 is 4.90 Å². The number of piperazine rings is 1. The molecule has 1 fully saturated rings. The normalized spacial score (nSPS) is 15.0. The molecule has 0 aliphatic carbocycles. The summed E-state index contributed by atoms with van der Waals surface area (Å²) in [6.07, 6.45) is 3.22. The molecule has 6 heteroatoms. The van der Waals surface area contributed by atoms with Crippen molar-refractivity contribution < 1.29 is 14.8 Å². The molecule has 1 aliphatic rings. The number of nitrogens with one attached hydrogen (secondary N) is 1. The molecular weight excluding hydrogens is 354 g/mol. The highest BCUT2D eigenvalue weighted by Gasteiger charge is 2.21. The molecular formula is C22H25N3O3. The van der Waals surface area contributed by atoms with Crippen LogP contribution in [0.4, 0.5) is 0 Å². The van der Waals surface area contributed by atoms with Gasteiger partial charge >= 0.3 is 0 Å². The molecule has 1 aliphatic heterocycles. The average molecular weight is 379 g/mol. The first-order chi connectivity index (χ1) is 13.6. The summed E-state index contributed by atoms with van der Waals surface area (Å²) in [7, 11) is 0. The van der Waals surface area contributed by atoms with Gasteiger partial charge in [0, 0.05) is 38.8 Å². The lowest BCUT2D eigenvalue weighted by Crippen LogP contribution is -2.48. The third-order valence-corrected chi connectivity index (χ3v) is 4.85. The number of carbonyl (C=O) groups is 2. The van der Waals surface area contributed by atoms with Gasteiger partial charge in [0.25, 0.3) is 5.91 Å². The number of hydrogen-bond acceptors (Lipinski definition) is 4. The fourth-order valence-electron chi connectivity index (χ4n) is 3.24. The van der Waals surface area contributed by atoms with E-state index in [9.17, 15) is 9.59 Å². The van der Waals surface area contributed by atoms with Crippen LogP contribution in [-0.4, -0.2) is 53.0 Å². The van der Waals surface area contributed by atoms with E-state index in [0.29, 0.717) is 6.42 Å². The zero-order chi connectivity index (χ0) is 19.8. The molecule has 0 aromatic heterocycles. The molecule has 0 spiro atoms. The van der Waals surface area contributed by atoms with Gasteiger partial charge in [-0.15, -0.1) is 0 Å². The zero-order valence-electron chi connectivity index (χ0n) is 15.8. The Morgan fingerprint density at radius 2 is 1.61 bits per heavy atom. The molecule has 1 heterocycles. The van der Waals surface area contributed by atoms with Gasteiger partial charge in [-0.2, -0.15) is 0 Å². The van der Waals surface area contributed by atoms with Gasteiger partial charge in [-0.05, 0) is 22.8 Å². The molecule has 1 saturated heterocycles. The molecule has 2 aromatic carbocycles. The van der Waals surface area contributed by atoms with Gasteiger partial charge in [-0.3, -0.25) is 19.7 Å². The highest BCUT2D eigenvalue weighted by atomic mass is 16.5. The topological polar surface area (TPSA) is 72.9 Å². The predicted octanol–water partition coefficient (Wildman–Crippen LogP) is 2.09. The summed E-state index contributed by atoms with van der Waals surface area (Å²) in [5.41, 5.74) is 4.62. The number of hydrogen-bond donors (Lipinski definition) is 2. The number of benzene rings is 2. The van der Waals surface area contributed by atoms with Crippen molar-refractivity contribution in [2.45, 2.75) is 13.0 Å². The van der Waals surface area contributed by atoms with Crippen LogP contribution in [0.3, 0.4) is 0 Å². The lowest BCUT2D eigenvalue weighted by Gasteiger charge is -2.34. The van der Waals surface area contributed by atoms with E-state index in [2.05, 4.69) is 29.2 Å². The Bertz CT molecular complexity index is 811. The Kier molecular flexibility index (Phi) is 6.94. The number of carbonyl (C=O) groups excluding carboxylic acids is 2. The predicted molar refractivity (Wildman–Crippen MR) is 107 cm³/mol. The fraction of sp³-hybridized carbons (Fsp3) is 0.273. The molecule has 2 amide bonds. The van der Waals surface area contributed by atoms with Gasteiger partial charge in [0.15, 0.2) is 0 Å². The van der Waals surface area contributed by atoms with Crippen molar-refractivity contribution in [1.29, 1.82) is 0 Å². The zero-order valence-corrected chi connectivity index (χ0v) is 15.8. The van der Waals surface area contributed by atoms with Crippen molar-refractivity contribution in [3.63, 3.8) is 0 Å². The first-order valence-electron chi connectivity index (χ1n) is 9.39. The lowest BCUT2D eigenvalue weighted by atomic mass is 10.1. The fourth-order valence-corrected chi connectivity index (χ4v) is 3.24. The maximum atomic E-state index is 12.6. The number of rotatable bonds is 6. The molecule has 3 rings (SSSR count). The SMILES string of the molecule is O=C(/C=C/c1ccc(CC(=O)N2CCN(Cc3ccccc3)CC2)cc1)NO. The van der Waals surface area contributed by atoms with Crippen molar-refractivity contribution in [3.05, 3.63) is 77.4 Å². The third-order valence-electron chi connectivity index (χ3n) is 4.85. The minimum absolute atomic E-state index is 0.141. The second-order valence-electron chi connectivity index (χ2n) is 6.87. The van der Waals surface area contributed by atoms with Crippen molar-refractivity contribution in [2.75, 3.05) is 26.2 Å². The summed E-state index contributed by atoms with van der Waals surface area (Å²) in [6.45, 7) is 4.20. The second kappa shape index (κ2) is 9.82. The van der Waals surface area contributed by atoms with Gasteiger partial charge in [0.2, 0.25) is 5.91 Å². The van der Waals surface area contributed by atoms with Crippen molar-refractivity contribution in [1.82, 2.24) is 15.3 Å². The van der Waals surface area contributed by atoms with E-state index in [1.54, 1.807) is 11.6 Å². The Hall–Kier alpha value is -2.96. The first-order valence-corrected chi connectivity index (χ1v) is 9.39. The first kappa shape index (κ1) is 19.8. The Morgan fingerprint density at radius 1 is 0.929 bits per heavy atom. The van der Waals surface area contributed by atoms with Crippen molar-refractivity contribution in [3.8, 4) is 0 Å². The van der Waals surface area contributed by atoms with E-state index in [1.165, 1.54) is 11.6 Å². The van der Waals surface area contributed by atoms with E-state index in [0.717, 1.165) is 43.9 Å². The molecule has 0 radical (unpaired) electrons. The summed E-state index contributed by atoms with van der Waals surface area (Å²) in [4.78, 5) is 27.9. The van der Waals surface area contributed by atoms with E-state index in [1.807, 2.05) is 35.2 Å². The standard InChI is InChI=1S/C22H25N3O3/c26-21(23-28)11-10-18-6-8-19(9-7-18)16-22(27)25-14-12-24(13-15-25)17-20-4-2-1-3-5-20/h1-11,28H,12-17H2,(H,23,26)/b11-10+. The minimum Gasteiger partial charge on any atom is -0.340 e. The van der Waals surface area contributed by atoms with Crippen LogP contribution in [0.5, 0.6) is 0 Å². The van der Waals surface area contributed by atoms with Crippen LogP contribution >= 0.6 is 0 Å². The summed E-state index contributed by atoms with van der Waals surface area (Å²) in [5.74, 6) is -0.437. The summed E-state index contributed by atoms with van der Waals surface area (Å²) in [5, 5.41) is 8.47. The minimum atomic E-state index is -0.578. The van der Waals surface area contributed by atoms with E-state index >= 15 is 0 Å². The van der Waals surface area contributed by atoms with Crippen LogP contribution in [0, 0.1) is 0 Å². The second-order valence-corrected chi connectivity index (χ2v) is 6.87. The molecule has 2 aromatic rings. The van der Waals surface area contributed by atoms with Crippen LogP contribution in [0.1, 0.15) is 16.7 Å². The van der Waals surface area contributed by atoms with E-state index in [-0.39, 0.29) is 5.91 Å². The highest BCUT2D eigenvalue weighted by molar-refractivity contribution is 5.90. The Labute approximate surface area is 165 Å². The third kappa shape index (κ3) is 5.77. The monoisotopic (exact) mass is 379 g/mol. The molecule has 28 heavy (non-hydrogen) atoms. The molecule has 2 N–H and O–H groups in total. The molecule has 0 atom stereocenters. The molecule has 0 saturated carbocycles. The Morgan fingerprint density at radius 3 is 2.25 bits per heavy atom. The van der Waals surface area contributed by atoms with Crippen molar-refractivity contribution >= 4 is 17.9 Å². The molecule has 146 valence electrons. The van der Waals surface area contributed by atoms with Crippen LogP contribution in [0.2, 0.25) is 0 Å². The maximum absolute atomic E-state index is 12.6. The largest absolute Gasteiger partial charge is 0.340 e. The smallest absolute Gasteiger partial charge is 0.267 e. The average Bonchev–Trinajstić information content (AvgIpc) is 2.74. The molecule has 0 unspecified atom stereocenters. The van der Waals surface area contributed by atoms with Crippen LogP contribution in [0.25, 0.3) is 6.08 Å². The number of nitrogens with zero attached hydrogens (tertiary/aromatic N) is 2. The van der Waals surface area contributed by atoms with Crippen LogP contribution in [0.15, 0.2) is 60.7 Å². The number of amides is 2. The summed E-state index contributed by atoms with van der Waals surface area (Å²) >= 11 is 0. The van der Waals surface area contributed by atoms with Gasteiger partial charge in [-0.25, -0.2) is 5.48 Å². The Balaban J connectivity index is 1.46. The van der Waals surface area contributed by atoms with E-state index < -0.39 is 5.91 Å². The molecule has 6 nitrogen and oxygen atoms in total. The van der Waals surface area contributed by atoms with Crippen LogP contribution < -0.4 is 5.48 Å². The van der Waals surface area contributed by atoms with Gasteiger partial charge in [0.1, 0.15) is 0 Å². The maximum Gasteiger partial charge on any atom is 0.267 e. The lowest BCUT2D eigenvalue weighted by molar-refractivity contribution is -0.132. The van der Waals surface area contributed by atoms with Gasteiger partial charge in [0.05, 0.1) is 6.42 Å². The van der Waals surface area contributed by atoms with Crippen molar-refractivity contribution in [2.24, 2.45) is 0 Å². The van der Waals surface area contributed by atoms with Crippen LogP contribution in [-0.2, 0) is 22.6 Å². The van der Waals surface area contributed by atoms with E-state index in [4.69, 9.17) is 5.21 Å².